The third kappa shape index (κ3) is 2.44. The molecule has 1 aromatic carbocycles. The van der Waals surface area contributed by atoms with Gasteiger partial charge < -0.3 is 5.32 Å². The highest BCUT2D eigenvalue weighted by atomic mass is 35.5. The van der Waals surface area contributed by atoms with Crippen LogP contribution in [0.2, 0.25) is 5.15 Å². The summed E-state index contributed by atoms with van der Waals surface area (Å²) in [6, 6.07) is 10.0. The van der Waals surface area contributed by atoms with Crippen molar-refractivity contribution in [2.75, 3.05) is 5.32 Å². The first-order chi connectivity index (χ1) is 9.63. The van der Waals surface area contributed by atoms with E-state index in [1.165, 1.54) is 11.9 Å². The summed E-state index contributed by atoms with van der Waals surface area (Å²) in [5.74, 6) is 1.72. The maximum atomic E-state index is 5.98. The Balaban J connectivity index is 1.94. The molecule has 0 spiro atoms. The van der Waals surface area contributed by atoms with Gasteiger partial charge in [-0.15, -0.1) is 0 Å². The van der Waals surface area contributed by atoms with Gasteiger partial charge in [0.15, 0.2) is 0 Å². The minimum absolute atomic E-state index is 0.381. The van der Waals surface area contributed by atoms with E-state index in [1.54, 1.807) is 10.6 Å². The maximum Gasteiger partial charge on any atom is 0.255 e. The predicted octanol–water partition coefficient (Wildman–Crippen LogP) is 3.64. The second-order valence-electron chi connectivity index (χ2n) is 4.84. The smallest absolute Gasteiger partial charge is 0.255 e. The second-order valence-corrected chi connectivity index (χ2v) is 5.22. The highest BCUT2D eigenvalue weighted by Crippen LogP contribution is 2.22. The van der Waals surface area contributed by atoms with Crippen LogP contribution in [0.15, 0.2) is 36.7 Å². The van der Waals surface area contributed by atoms with Gasteiger partial charge in [0.1, 0.15) is 17.3 Å². The fraction of sp³-hybridized carbons (Fsp3) is 0.214. The van der Waals surface area contributed by atoms with Gasteiger partial charge in [-0.2, -0.15) is 19.6 Å². The SMILES string of the molecule is CC(C)c1ccc(Nc2cc(Cl)nc3ncnn23)cc1. The van der Waals surface area contributed by atoms with Gasteiger partial charge >= 0.3 is 0 Å². The molecule has 102 valence electrons. The summed E-state index contributed by atoms with van der Waals surface area (Å²) in [7, 11) is 0. The van der Waals surface area contributed by atoms with Crippen molar-refractivity contribution in [2.24, 2.45) is 0 Å². The highest BCUT2D eigenvalue weighted by molar-refractivity contribution is 6.29. The Bertz CT molecular complexity index is 733. The third-order valence-corrected chi connectivity index (χ3v) is 3.26. The fourth-order valence-corrected chi connectivity index (χ4v) is 2.15. The van der Waals surface area contributed by atoms with Gasteiger partial charge in [0.05, 0.1) is 0 Å². The van der Waals surface area contributed by atoms with Crippen LogP contribution < -0.4 is 5.32 Å². The van der Waals surface area contributed by atoms with Crippen molar-refractivity contribution in [2.45, 2.75) is 19.8 Å². The summed E-state index contributed by atoms with van der Waals surface area (Å²) in [6.07, 6.45) is 1.45. The first-order valence-corrected chi connectivity index (χ1v) is 6.74. The number of rotatable bonds is 3. The Hall–Kier alpha value is -2.14. The van der Waals surface area contributed by atoms with Crippen LogP contribution >= 0.6 is 11.6 Å². The van der Waals surface area contributed by atoms with Crippen LogP contribution in [0.5, 0.6) is 0 Å². The van der Waals surface area contributed by atoms with Crippen molar-refractivity contribution in [3.8, 4) is 0 Å². The topological polar surface area (TPSA) is 55.1 Å². The molecule has 0 saturated heterocycles. The minimum atomic E-state index is 0.381. The molecule has 3 aromatic rings. The number of hydrogen-bond donors (Lipinski definition) is 1. The van der Waals surface area contributed by atoms with E-state index in [0.29, 0.717) is 16.8 Å². The van der Waals surface area contributed by atoms with Gasteiger partial charge in [-0.3, -0.25) is 0 Å². The van der Waals surface area contributed by atoms with Crippen LogP contribution in [-0.4, -0.2) is 19.6 Å². The normalized spacial score (nSPS) is 11.2. The highest BCUT2D eigenvalue weighted by Gasteiger charge is 2.07. The van der Waals surface area contributed by atoms with Gasteiger partial charge in [-0.1, -0.05) is 37.6 Å². The molecule has 0 fully saturated rings. The number of anilines is 2. The molecule has 0 radical (unpaired) electrons. The van der Waals surface area contributed by atoms with E-state index in [1.807, 2.05) is 12.1 Å². The molecule has 0 atom stereocenters. The first-order valence-electron chi connectivity index (χ1n) is 6.37. The monoisotopic (exact) mass is 287 g/mol. The Morgan fingerprint density at radius 3 is 2.65 bits per heavy atom. The van der Waals surface area contributed by atoms with Gasteiger partial charge in [0, 0.05) is 11.8 Å². The largest absolute Gasteiger partial charge is 0.340 e. The van der Waals surface area contributed by atoms with Crippen molar-refractivity contribution in [3.63, 3.8) is 0 Å². The van der Waals surface area contributed by atoms with E-state index in [9.17, 15) is 0 Å². The maximum absolute atomic E-state index is 5.98. The lowest BCUT2D eigenvalue weighted by molar-refractivity contribution is 0.867. The average Bonchev–Trinajstić information content (AvgIpc) is 2.87. The molecule has 0 aliphatic rings. The van der Waals surface area contributed by atoms with Crippen LogP contribution in [0.3, 0.4) is 0 Å². The van der Waals surface area contributed by atoms with Gasteiger partial charge in [0.25, 0.3) is 5.78 Å². The zero-order chi connectivity index (χ0) is 14.1. The van der Waals surface area contributed by atoms with Gasteiger partial charge in [-0.25, -0.2) is 0 Å². The summed E-state index contributed by atoms with van der Waals surface area (Å²) < 4.78 is 1.61. The fourth-order valence-electron chi connectivity index (χ4n) is 1.97. The number of nitrogens with zero attached hydrogens (tertiary/aromatic N) is 4. The lowest BCUT2D eigenvalue weighted by Crippen LogP contribution is -2.01. The molecule has 0 amide bonds. The molecule has 5 nitrogen and oxygen atoms in total. The third-order valence-electron chi connectivity index (χ3n) is 3.07. The predicted molar refractivity (Wildman–Crippen MR) is 79.6 cm³/mol. The number of hydrogen-bond acceptors (Lipinski definition) is 4. The van der Waals surface area contributed by atoms with Crippen LogP contribution in [0, 0.1) is 0 Å². The summed E-state index contributed by atoms with van der Waals surface area (Å²) in [4.78, 5) is 8.13. The molecule has 6 heteroatoms. The van der Waals surface area contributed by atoms with E-state index in [4.69, 9.17) is 11.6 Å². The zero-order valence-corrected chi connectivity index (χ0v) is 12.0. The molecule has 0 unspecified atom stereocenters. The Morgan fingerprint density at radius 2 is 1.95 bits per heavy atom. The van der Waals surface area contributed by atoms with Crippen molar-refractivity contribution in [1.82, 2.24) is 19.6 Å². The minimum Gasteiger partial charge on any atom is -0.340 e. The zero-order valence-electron chi connectivity index (χ0n) is 11.2. The molecule has 20 heavy (non-hydrogen) atoms. The lowest BCUT2D eigenvalue weighted by atomic mass is 10.0. The quantitative estimate of drug-likeness (QED) is 0.747. The second kappa shape index (κ2) is 5.09. The van der Waals surface area contributed by atoms with E-state index in [-0.39, 0.29) is 0 Å². The summed E-state index contributed by atoms with van der Waals surface area (Å²) >= 11 is 5.98. The van der Waals surface area contributed by atoms with Crippen molar-refractivity contribution < 1.29 is 0 Å². The van der Waals surface area contributed by atoms with Crippen molar-refractivity contribution in [1.29, 1.82) is 0 Å². The summed E-state index contributed by atoms with van der Waals surface area (Å²) in [5.41, 5.74) is 2.27. The molecule has 0 bridgehead atoms. The lowest BCUT2D eigenvalue weighted by Gasteiger charge is -2.10. The van der Waals surface area contributed by atoms with E-state index >= 15 is 0 Å². The van der Waals surface area contributed by atoms with Crippen molar-refractivity contribution >= 4 is 28.9 Å². The number of nitrogens with one attached hydrogen (secondary N) is 1. The van der Waals surface area contributed by atoms with E-state index in [0.717, 1.165) is 11.5 Å². The Kier molecular flexibility index (Phi) is 3.28. The standard InChI is InChI=1S/C14H14ClN5/c1-9(2)10-3-5-11(6-4-10)18-13-7-12(15)19-14-16-8-17-20(13)14/h3-9,18H,1-2H3. The first kappa shape index (κ1) is 12.9. The Morgan fingerprint density at radius 1 is 1.20 bits per heavy atom. The van der Waals surface area contributed by atoms with E-state index < -0.39 is 0 Å². The number of aromatic nitrogens is 4. The number of halogens is 1. The van der Waals surface area contributed by atoms with Gasteiger partial charge in [-0.05, 0) is 23.6 Å². The molecule has 1 N–H and O–H groups in total. The van der Waals surface area contributed by atoms with E-state index in [2.05, 4.69) is 46.4 Å². The van der Waals surface area contributed by atoms with Crippen LogP contribution in [0.4, 0.5) is 11.5 Å². The molecular weight excluding hydrogens is 274 g/mol. The van der Waals surface area contributed by atoms with Gasteiger partial charge in [0.2, 0.25) is 0 Å². The van der Waals surface area contributed by atoms with Crippen LogP contribution in [-0.2, 0) is 0 Å². The molecule has 3 rings (SSSR count). The summed E-state index contributed by atoms with van der Waals surface area (Å²) in [6.45, 7) is 4.34. The Labute approximate surface area is 121 Å². The summed E-state index contributed by atoms with van der Waals surface area (Å²) in [5, 5.41) is 7.78. The molecule has 2 heterocycles. The van der Waals surface area contributed by atoms with Crippen LogP contribution in [0.1, 0.15) is 25.3 Å². The van der Waals surface area contributed by atoms with Crippen molar-refractivity contribution in [3.05, 3.63) is 47.4 Å². The molecule has 2 aromatic heterocycles. The molecule has 0 aliphatic heterocycles. The van der Waals surface area contributed by atoms with Crippen LogP contribution in [0.25, 0.3) is 5.78 Å². The molecule has 0 aliphatic carbocycles. The number of benzene rings is 1. The molecule has 0 saturated carbocycles. The molecular formula is C14H14ClN5. The average molecular weight is 288 g/mol. The number of fused-ring (bicyclic) bond motifs is 1.